The molecule has 9 rings (SSSR count). The zero-order valence-electron chi connectivity index (χ0n) is 25.3. The largest absolute Gasteiger partial charge is 0.700 e. The molecule has 2 saturated heterocycles. The van der Waals surface area contributed by atoms with E-state index >= 15 is 0 Å². The monoisotopic (exact) mass is 633 g/mol. The summed E-state index contributed by atoms with van der Waals surface area (Å²) in [6.07, 6.45) is -1.71. The average molecular weight is 634 g/mol. The lowest BCUT2D eigenvalue weighted by Gasteiger charge is -2.38. The molecule has 2 atom stereocenters. The third-order valence-corrected chi connectivity index (χ3v) is 10.6. The van der Waals surface area contributed by atoms with Gasteiger partial charge in [0.2, 0.25) is 17.0 Å². The first kappa shape index (κ1) is 28.5. The molecule has 0 bridgehead atoms. The molecule has 47 heavy (non-hydrogen) atoms. The van der Waals surface area contributed by atoms with Gasteiger partial charge >= 0.3 is 8.25 Å². The number of benzene rings is 6. The Kier molecular flexibility index (Phi) is 6.62. The van der Waals surface area contributed by atoms with E-state index in [1.807, 2.05) is 146 Å². The van der Waals surface area contributed by atoms with Crippen LogP contribution in [0, 0.1) is 0 Å². The highest BCUT2D eigenvalue weighted by atomic mass is 31.1. The van der Waals surface area contributed by atoms with E-state index in [1.165, 1.54) is 0 Å². The number of hydrogen-bond acceptors (Lipinski definition) is 5. The first-order chi connectivity index (χ1) is 23.2. The predicted molar refractivity (Wildman–Crippen MR) is 180 cm³/mol. The molecule has 6 heteroatoms. The second-order valence-corrected chi connectivity index (χ2v) is 12.9. The SMILES string of the molecule is O=[P+]1OC(c2ccccc2)(c2ccccc2)[C@H]2OC3(O[C@@H]2C(c2ccccc2)(c2ccccc2)O1)c1ccccc1-c1ccccc13. The van der Waals surface area contributed by atoms with E-state index in [2.05, 4.69) is 24.3 Å². The number of hydrogen-bond donors (Lipinski definition) is 0. The van der Waals surface area contributed by atoms with Crippen molar-refractivity contribution in [1.29, 1.82) is 0 Å². The van der Waals surface area contributed by atoms with Crippen LogP contribution in [0.5, 0.6) is 0 Å². The minimum atomic E-state index is -2.75. The fourth-order valence-corrected chi connectivity index (χ4v) is 8.95. The van der Waals surface area contributed by atoms with Crippen molar-refractivity contribution in [2.75, 3.05) is 0 Å². The normalized spacial score (nSPS) is 21.4. The standard InChI is InChI=1S/C41H30O5P/c42-47-45-39(29-17-5-1-6-18-29,30-19-7-2-8-20-30)37-38(40(46-47,31-21-9-3-10-22-31)32-23-11-4-12-24-32)44-41(43-37)35-27-15-13-25-33(35)34-26-14-16-28-36(34)41/h1-28,37-38H/q+1/t37-,38-/m0/s1. The van der Waals surface area contributed by atoms with E-state index in [-0.39, 0.29) is 0 Å². The topological polar surface area (TPSA) is 54.0 Å². The second-order valence-electron chi connectivity index (χ2n) is 12.1. The maximum Gasteiger partial charge on any atom is 0.700 e. The molecule has 228 valence electrons. The van der Waals surface area contributed by atoms with E-state index in [4.69, 9.17) is 18.5 Å². The van der Waals surface area contributed by atoms with Gasteiger partial charge in [0.1, 0.15) is 12.2 Å². The minimum Gasteiger partial charge on any atom is -0.332 e. The zero-order valence-corrected chi connectivity index (χ0v) is 26.2. The first-order valence-electron chi connectivity index (χ1n) is 15.8. The van der Waals surface area contributed by atoms with Crippen LogP contribution in [0.2, 0.25) is 0 Å². The molecule has 3 aliphatic rings. The Bertz CT molecular complexity index is 1860. The molecular formula is C41H30O5P+. The molecule has 1 aliphatic carbocycles. The van der Waals surface area contributed by atoms with Gasteiger partial charge in [0.15, 0.2) is 0 Å². The average Bonchev–Trinajstić information content (AvgIpc) is 3.65. The van der Waals surface area contributed by atoms with Gasteiger partial charge in [-0.1, -0.05) is 179 Å². The van der Waals surface area contributed by atoms with Crippen LogP contribution < -0.4 is 0 Å². The Balaban J connectivity index is 1.40. The Morgan fingerprint density at radius 2 is 0.702 bits per heavy atom. The van der Waals surface area contributed by atoms with Crippen LogP contribution in [0.1, 0.15) is 33.4 Å². The van der Waals surface area contributed by atoms with Gasteiger partial charge in [-0.3, -0.25) is 0 Å². The number of ether oxygens (including phenoxy) is 2. The molecule has 2 fully saturated rings. The van der Waals surface area contributed by atoms with Crippen LogP contribution in [0.3, 0.4) is 0 Å². The highest BCUT2D eigenvalue weighted by Crippen LogP contribution is 2.65. The third kappa shape index (κ3) is 4.05. The minimum absolute atomic E-state index is 0.783. The molecule has 0 amide bonds. The molecule has 0 saturated carbocycles. The van der Waals surface area contributed by atoms with Gasteiger partial charge in [0, 0.05) is 15.7 Å². The summed E-state index contributed by atoms with van der Waals surface area (Å²) in [6, 6.07) is 56.0. The van der Waals surface area contributed by atoms with Gasteiger partial charge < -0.3 is 9.47 Å². The van der Waals surface area contributed by atoms with Gasteiger partial charge in [-0.15, -0.1) is 0 Å². The Labute approximate surface area is 274 Å². The summed E-state index contributed by atoms with van der Waals surface area (Å²) in [5.41, 5.74) is 4.26. The van der Waals surface area contributed by atoms with E-state index in [9.17, 15) is 4.57 Å². The van der Waals surface area contributed by atoms with Crippen molar-refractivity contribution in [3.05, 3.63) is 203 Å². The molecule has 5 nitrogen and oxygen atoms in total. The van der Waals surface area contributed by atoms with Crippen molar-refractivity contribution in [2.24, 2.45) is 0 Å². The van der Waals surface area contributed by atoms with E-state index < -0.39 is 37.5 Å². The molecule has 6 aromatic carbocycles. The third-order valence-electron chi connectivity index (χ3n) is 9.76. The first-order valence-corrected chi connectivity index (χ1v) is 16.9. The van der Waals surface area contributed by atoms with Crippen LogP contribution in [0.25, 0.3) is 11.1 Å². The summed E-state index contributed by atoms with van der Waals surface area (Å²) in [5, 5.41) is 0. The summed E-state index contributed by atoms with van der Waals surface area (Å²) in [4.78, 5) is 0. The molecule has 2 aliphatic heterocycles. The quantitative estimate of drug-likeness (QED) is 0.181. The van der Waals surface area contributed by atoms with Crippen molar-refractivity contribution in [3.63, 3.8) is 0 Å². The summed E-state index contributed by atoms with van der Waals surface area (Å²) in [6.45, 7) is 0. The van der Waals surface area contributed by atoms with Crippen LogP contribution in [0.15, 0.2) is 170 Å². The summed E-state index contributed by atoms with van der Waals surface area (Å²) in [5.74, 6) is -1.30. The maximum absolute atomic E-state index is 14.5. The van der Waals surface area contributed by atoms with E-state index in [0.29, 0.717) is 0 Å². The Hall–Kier alpha value is -4.74. The number of fused-ring (bicyclic) bond motifs is 6. The predicted octanol–water partition coefficient (Wildman–Crippen LogP) is 9.24. The Morgan fingerprint density at radius 1 is 0.404 bits per heavy atom. The van der Waals surface area contributed by atoms with Crippen molar-refractivity contribution < 1.29 is 23.1 Å². The molecular weight excluding hydrogens is 603 g/mol. The molecule has 6 aromatic rings. The highest BCUT2D eigenvalue weighted by Gasteiger charge is 2.73. The molecule has 0 aromatic heterocycles. The van der Waals surface area contributed by atoms with E-state index in [1.54, 1.807) is 0 Å². The van der Waals surface area contributed by atoms with Gasteiger partial charge in [-0.2, -0.15) is 0 Å². The van der Waals surface area contributed by atoms with Crippen LogP contribution in [0.4, 0.5) is 0 Å². The van der Waals surface area contributed by atoms with Crippen molar-refractivity contribution in [1.82, 2.24) is 0 Å². The summed E-state index contributed by atoms with van der Waals surface area (Å²) >= 11 is 0. The van der Waals surface area contributed by atoms with Gasteiger partial charge in [0.05, 0.1) is 0 Å². The number of rotatable bonds is 4. The van der Waals surface area contributed by atoms with Gasteiger partial charge in [-0.25, -0.2) is 0 Å². The lowest BCUT2D eigenvalue weighted by atomic mass is 9.72. The van der Waals surface area contributed by atoms with Crippen molar-refractivity contribution in [2.45, 2.75) is 29.2 Å². The summed E-state index contributed by atoms with van der Waals surface area (Å²) in [7, 11) is -2.75. The molecule has 2 heterocycles. The fraction of sp³-hybridized carbons (Fsp3) is 0.122. The molecule has 0 N–H and O–H groups in total. The molecule has 0 unspecified atom stereocenters. The van der Waals surface area contributed by atoms with Crippen LogP contribution in [-0.2, 0) is 40.1 Å². The molecule has 0 radical (unpaired) electrons. The van der Waals surface area contributed by atoms with E-state index in [0.717, 1.165) is 44.5 Å². The Morgan fingerprint density at radius 3 is 1.04 bits per heavy atom. The lowest BCUT2D eigenvalue weighted by molar-refractivity contribution is -0.176. The lowest BCUT2D eigenvalue weighted by Crippen LogP contribution is -2.53. The molecule has 1 spiro atoms. The van der Waals surface area contributed by atoms with Crippen molar-refractivity contribution >= 4 is 8.25 Å². The van der Waals surface area contributed by atoms with Crippen molar-refractivity contribution in [3.8, 4) is 11.1 Å². The fourth-order valence-electron chi connectivity index (χ4n) is 7.81. The smallest absolute Gasteiger partial charge is 0.332 e. The van der Waals surface area contributed by atoms with Crippen LogP contribution >= 0.6 is 8.25 Å². The van der Waals surface area contributed by atoms with Crippen LogP contribution in [-0.4, -0.2) is 12.2 Å². The maximum atomic E-state index is 14.5. The van der Waals surface area contributed by atoms with Gasteiger partial charge in [-0.05, 0) is 33.4 Å². The second kappa shape index (κ2) is 10.9. The van der Waals surface area contributed by atoms with Gasteiger partial charge in [0.25, 0.3) is 0 Å². The summed E-state index contributed by atoms with van der Waals surface area (Å²) < 4.78 is 43.4. The highest BCUT2D eigenvalue weighted by molar-refractivity contribution is 7.33. The zero-order chi connectivity index (χ0) is 31.5.